The summed E-state index contributed by atoms with van der Waals surface area (Å²) >= 11 is 0. The van der Waals surface area contributed by atoms with Crippen LogP contribution in [0.5, 0.6) is 0 Å². The molecule has 1 aromatic heterocycles. The molecule has 0 saturated carbocycles. The van der Waals surface area contributed by atoms with Gasteiger partial charge in [-0.15, -0.1) is 0 Å². The number of hydrogen-bond donors (Lipinski definition) is 2. The van der Waals surface area contributed by atoms with Crippen LogP contribution in [0.2, 0.25) is 0 Å². The lowest BCUT2D eigenvalue weighted by molar-refractivity contribution is 0.0776. The predicted octanol–water partition coefficient (Wildman–Crippen LogP) is 3.21. The molecule has 2 aromatic rings. The quantitative estimate of drug-likeness (QED) is 0.415. The third kappa shape index (κ3) is 6.97. The summed E-state index contributed by atoms with van der Waals surface area (Å²) in [4.78, 5) is 9.05. The molecule has 1 aromatic carbocycles. The highest BCUT2D eigenvalue weighted by atomic mass is 16.5. The summed E-state index contributed by atoms with van der Waals surface area (Å²) < 4.78 is 11.1. The van der Waals surface area contributed by atoms with Gasteiger partial charge in [-0.25, -0.2) is 9.98 Å². The molecule has 2 rings (SSSR count). The van der Waals surface area contributed by atoms with E-state index in [0.29, 0.717) is 12.4 Å². The number of hydrogen-bond acceptors (Lipinski definition) is 4. The second kappa shape index (κ2) is 10.5. The normalized spacial score (nSPS) is 11.8. The van der Waals surface area contributed by atoms with E-state index in [9.17, 15) is 0 Å². The molecule has 6 heteroatoms. The number of aromatic nitrogens is 1. The van der Waals surface area contributed by atoms with Crippen molar-refractivity contribution in [3.05, 3.63) is 42.3 Å². The molecule has 25 heavy (non-hydrogen) atoms. The first kappa shape index (κ1) is 19.0. The van der Waals surface area contributed by atoms with E-state index in [2.05, 4.69) is 20.6 Å². The van der Waals surface area contributed by atoms with E-state index >= 15 is 0 Å². The van der Waals surface area contributed by atoms with Crippen LogP contribution in [0.4, 0.5) is 0 Å². The monoisotopic (exact) mass is 344 g/mol. The number of nitrogens with zero attached hydrogens (tertiary/aromatic N) is 2. The van der Waals surface area contributed by atoms with Crippen LogP contribution >= 0.6 is 0 Å². The summed E-state index contributed by atoms with van der Waals surface area (Å²) in [6.07, 6.45) is 2.87. The molecule has 0 radical (unpaired) electrons. The molecule has 136 valence electrons. The van der Waals surface area contributed by atoms with Crippen LogP contribution in [-0.2, 0) is 11.3 Å². The molecule has 0 aliphatic heterocycles. The van der Waals surface area contributed by atoms with Gasteiger partial charge in [0, 0.05) is 25.3 Å². The lowest BCUT2D eigenvalue weighted by Crippen LogP contribution is -2.38. The molecule has 1 heterocycles. The van der Waals surface area contributed by atoms with E-state index in [-0.39, 0.29) is 6.10 Å². The van der Waals surface area contributed by atoms with Gasteiger partial charge in [-0.1, -0.05) is 18.2 Å². The molecule has 0 fully saturated rings. The summed E-state index contributed by atoms with van der Waals surface area (Å²) in [5.41, 5.74) is 1.77. The first-order chi connectivity index (χ1) is 12.2. The van der Waals surface area contributed by atoms with Crippen LogP contribution < -0.4 is 10.6 Å². The first-order valence-corrected chi connectivity index (χ1v) is 8.82. The first-order valence-electron chi connectivity index (χ1n) is 8.82. The maximum Gasteiger partial charge on any atom is 0.226 e. The van der Waals surface area contributed by atoms with Crippen molar-refractivity contribution < 1.29 is 9.15 Å². The van der Waals surface area contributed by atoms with Crippen molar-refractivity contribution in [1.82, 2.24) is 15.6 Å². The molecule has 0 atom stereocenters. The summed E-state index contributed by atoms with van der Waals surface area (Å²) in [7, 11) is 0. The van der Waals surface area contributed by atoms with Gasteiger partial charge in [0.2, 0.25) is 5.89 Å². The lowest BCUT2D eigenvalue weighted by atomic mass is 10.2. The van der Waals surface area contributed by atoms with Crippen molar-refractivity contribution in [2.24, 2.45) is 4.99 Å². The fourth-order valence-corrected chi connectivity index (χ4v) is 2.19. The zero-order valence-electron chi connectivity index (χ0n) is 15.3. The molecule has 0 saturated heterocycles. The molecule has 2 N–H and O–H groups in total. The van der Waals surface area contributed by atoms with E-state index in [1.54, 1.807) is 6.26 Å². The molecule has 0 amide bonds. The molecule has 0 spiro atoms. The topological polar surface area (TPSA) is 71.7 Å². The van der Waals surface area contributed by atoms with E-state index in [4.69, 9.17) is 9.15 Å². The fraction of sp³-hybridized carbons (Fsp3) is 0.474. The van der Waals surface area contributed by atoms with Crippen LogP contribution in [0.15, 0.2) is 46.0 Å². The second-order valence-electron chi connectivity index (χ2n) is 5.91. The molecule has 0 aliphatic rings. The lowest BCUT2D eigenvalue weighted by Gasteiger charge is -2.11. The van der Waals surface area contributed by atoms with Gasteiger partial charge in [0.15, 0.2) is 5.96 Å². The van der Waals surface area contributed by atoms with Crippen molar-refractivity contribution >= 4 is 5.96 Å². The van der Waals surface area contributed by atoms with Crippen molar-refractivity contribution in [3.63, 3.8) is 0 Å². The van der Waals surface area contributed by atoms with Gasteiger partial charge in [0.25, 0.3) is 0 Å². The van der Waals surface area contributed by atoms with Crippen molar-refractivity contribution in [3.8, 4) is 11.5 Å². The largest absolute Gasteiger partial charge is 0.444 e. The minimum Gasteiger partial charge on any atom is -0.444 e. The van der Waals surface area contributed by atoms with Crippen LogP contribution in [0.3, 0.4) is 0 Å². The summed E-state index contributed by atoms with van der Waals surface area (Å²) in [5.74, 6) is 1.39. The van der Waals surface area contributed by atoms with Crippen LogP contribution in [0.1, 0.15) is 32.9 Å². The molecular formula is C19H28N4O2. The van der Waals surface area contributed by atoms with E-state index in [1.807, 2.05) is 51.1 Å². The zero-order valence-corrected chi connectivity index (χ0v) is 15.3. The van der Waals surface area contributed by atoms with Crippen LogP contribution in [0, 0.1) is 0 Å². The molecular weight excluding hydrogens is 316 g/mol. The highest BCUT2D eigenvalue weighted by Crippen LogP contribution is 2.18. The number of ether oxygens (including phenoxy) is 1. The third-order valence-corrected chi connectivity index (χ3v) is 3.38. The van der Waals surface area contributed by atoms with Gasteiger partial charge in [-0.05, 0) is 39.3 Å². The summed E-state index contributed by atoms with van der Waals surface area (Å²) in [5, 5.41) is 6.53. The van der Waals surface area contributed by atoms with Gasteiger partial charge in [0.1, 0.15) is 12.0 Å². The highest BCUT2D eigenvalue weighted by Gasteiger charge is 2.06. The standard InChI is InChI=1S/C19H28N4O2/c1-4-20-19(21-11-8-12-24-15(2)3)22-13-17-14-25-18(23-17)16-9-6-5-7-10-16/h5-7,9-10,14-15H,4,8,11-13H2,1-3H3,(H2,20,21,22). The smallest absolute Gasteiger partial charge is 0.226 e. The zero-order chi connectivity index (χ0) is 17.9. The Kier molecular flexibility index (Phi) is 7.98. The number of guanidine groups is 1. The fourth-order valence-electron chi connectivity index (χ4n) is 2.19. The third-order valence-electron chi connectivity index (χ3n) is 3.38. The average Bonchev–Trinajstić information content (AvgIpc) is 3.09. The molecule has 0 unspecified atom stereocenters. The second-order valence-corrected chi connectivity index (χ2v) is 5.91. The minimum absolute atomic E-state index is 0.271. The Morgan fingerprint density at radius 3 is 2.76 bits per heavy atom. The van der Waals surface area contributed by atoms with Gasteiger partial charge in [-0.2, -0.15) is 0 Å². The maximum atomic E-state index is 5.54. The van der Waals surface area contributed by atoms with Gasteiger partial charge < -0.3 is 19.8 Å². The Morgan fingerprint density at radius 1 is 1.24 bits per heavy atom. The maximum absolute atomic E-state index is 5.54. The van der Waals surface area contributed by atoms with Gasteiger partial charge in [0.05, 0.1) is 12.6 Å². The number of oxazole rings is 1. The highest BCUT2D eigenvalue weighted by molar-refractivity contribution is 5.79. The Hall–Kier alpha value is -2.34. The number of rotatable bonds is 9. The summed E-state index contributed by atoms with van der Waals surface area (Å²) in [6, 6.07) is 9.85. The van der Waals surface area contributed by atoms with E-state index in [0.717, 1.165) is 43.3 Å². The molecule has 0 bridgehead atoms. The van der Waals surface area contributed by atoms with Gasteiger partial charge in [-0.3, -0.25) is 0 Å². The predicted molar refractivity (Wildman–Crippen MR) is 100 cm³/mol. The summed E-state index contributed by atoms with van der Waals surface area (Å²) in [6.45, 7) is 8.96. The Bertz CT molecular complexity index is 638. The number of nitrogens with one attached hydrogen (secondary N) is 2. The van der Waals surface area contributed by atoms with Crippen molar-refractivity contribution in [2.75, 3.05) is 19.7 Å². The molecule has 0 aliphatic carbocycles. The number of benzene rings is 1. The number of aliphatic imine (C=N–C) groups is 1. The average molecular weight is 344 g/mol. The molecule has 6 nitrogen and oxygen atoms in total. The van der Waals surface area contributed by atoms with E-state index in [1.165, 1.54) is 0 Å². The Balaban J connectivity index is 1.85. The minimum atomic E-state index is 0.271. The SMILES string of the molecule is CCNC(=NCc1coc(-c2ccccc2)n1)NCCCOC(C)C. The van der Waals surface area contributed by atoms with Crippen molar-refractivity contribution in [2.45, 2.75) is 39.8 Å². The van der Waals surface area contributed by atoms with Crippen LogP contribution in [-0.4, -0.2) is 36.7 Å². The Labute approximate surface area is 149 Å². The van der Waals surface area contributed by atoms with Crippen molar-refractivity contribution in [1.29, 1.82) is 0 Å². The van der Waals surface area contributed by atoms with Crippen LogP contribution in [0.25, 0.3) is 11.5 Å². The van der Waals surface area contributed by atoms with E-state index < -0.39 is 0 Å². The van der Waals surface area contributed by atoms with Gasteiger partial charge >= 0.3 is 0 Å². The Morgan fingerprint density at radius 2 is 2.04 bits per heavy atom.